The minimum Gasteiger partial charge on any atom is -0.388 e. The molecule has 34 heavy (non-hydrogen) atoms. The lowest BCUT2D eigenvalue weighted by molar-refractivity contribution is 0.256. The van der Waals surface area contributed by atoms with Crippen molar-refractivity contribution < 1.29 is 13.2 Å². The monoisotopic (exact) mass is 519 g/mol. The van der Waals surface area contributed by atoms with E-state index in [4.69, 9.17) is 11.6 Å². The number of hydrogen-bond donors (Lipinski definition) is 4. The first-order valence-electron chi connectivity index (χ1n) is 9.76. The summed E-state index contributed by atoms with van der Waals surface area (Å²) in [5, 5.41) is 5.74. The molecule has 0 atom stereocenters. The maximum absolute atomic E-state index is 13.0. The molecule has 0 unspecified atom stereocenters. The molecule has 10 nitrogen and oxygen atoms in total. The summed E-state index contributed by atoms with van der Waals surface area (Å²) in [5.41, 5.74) is 1.44. The third kappa shape index (κ3) is 4.55. The minimum absolute atomic E-state index is 0.102. The number of carbonyl (C=O) groups is 1. The molecular weight excluding hydrogens is 502 g/mol. The Hall–Kier alpha value is -3.61. The predicted molar refractivity (Wildman–Crippen MR) is 133 cm³/mol. The SMILES string of the molecule is CNc1cc2[nH]c(=O)n(-c3ccc(NC(=O)NS(=O)(=O)c4ccc(Cl)s4)cc3)c(=O)c2cc1C. The van der Waals surface area contributed by atoms with Crippen LogP contribution in [0.2, 0.25) is 4.34 Å². The van der Waals surface area contributed by atoms with Gasteiger partial charge in [0.05, 0.1) is 20.9 Å². The smallest absolute Gasteiger partial charge is 0.333 e. The molecule has 2 aromatic carbocycles. The highest BCUT2D eigenvalue weighted by Crippen LogP contribution is 2.25. The van der Waals surface area contributed by atoms with E-state index in [1.165, 1.54) is 36.4 Å². The summed E-state index contributed by atoms with van der Waals surface area (Å²) < 4.78 is 27.5. The molecular formula is C21H18ClN5O5S2. The summed E-state index contributed by atoms with van der Waals surface area (Å²) in [4.78, 5) is 40.5. The van der Waals surface area contributed by atoms with Crippen molar-refractivity contribution in [3.05, 3.63) is 79.3 Å². The van der Waals surface area contributed by atoms with Crippen LogP contribution < -0.4 is 26.6 Å². The van der Waals surface area contributed by atoms with E-state index in [9.17, 15) is 22.8 Å². The van der Waals surface area contributed by atoms with Crippen LogP contribution >= 0.6 is 22.9 Å². The Morgan fingerprint density at radius 2 is 1.79 bits per heavy atom. The Morgan fingerprint density at radius 3 is 2.41 bits per heavy atom. The highest BCUT2D eigenvalue weighted by molar-refractivity contribution is 7.92. The summed E-state index contributed by atoms with van der Waals surface area (Å²) in [6.07, 6.45) is 0. The second-order valence-corrected chi connectivity index (χ2v) is 10.8. The standard InChI is InChI=1S/C21H18ClN5O5S2/c1-11-9-14-16(10-15(11)23-2)25-21(30)27(19(14)28)13-5-3-12(4-6-13)24-20(29)26-34(31,32)18-8-7-17(22)33-18/h3-10,23H,1-2H3,(H,25,30)(H2,24,26,29). The number of nitrogens with one attached hydrogen (secondary N) is 4. The highest BCUT2D eigenvalue weighted by Gasteiger charge is 2.20. The van der Waals surface area contributed by atoms with E-state index in [2.05, 4.69) is 15.6 Å². The van der Waals surface area contributed by atoms with Crippen molar-refractivity contribution in [1.29, 1.82) is 0 Å². The number of nitrogens with zero attached hydrogens (tertiary/aromatic N) is 1. The van der Waals surface area contributed by atoms with Crippen LogP contribution in [0.3, 0.4) is 0 Å². The zero-order valence-electron chi connectivity index (χ0n) is 17.8. The molecule has 13 heteroatoms. The molecule has 0 saturated heterocycles. The van der Waals surface area contributed by atoms with Gasteiger partial charge in [-0.1, -0.05) is 11.6 Å². The van der Waals surface area contributed by atoms with Crippen molar-refractivity contribution in [3.63, 3.8) is 0 Å². The van der Waals surface area contributed by atoms with E-state index < -0.39 is 27.3 Å². The van der Waals surface area contributed by atoms with Gasteiger partial charge in [-0.2, -0.15) is 0 Å². The number of carbonyl (C=O) groups excluding carboxylic acids is 1. The Bertz CT molecular complexity index is 1640. The number of aromatic nitrogens is 2. The predicted octanol–water partition coefficient (Wildman–Crippen LogP) is 3.25. The number of thiophene rings is 1. The molecule has 176 valence electrons. The van der Waals surface area contributed by atoms with Crippen molar-refractivity contribution in [2.75, 3.05) is 17.7 Å². The third-order valence-electron chi connectivity index (χ3n) is 4.94. The van der Waals surface area contributed by atoms with Crippen LogP contribution in [0.15, 0.2) is 62.3 Å². The van der Waals surface area contributed by atoms with Gasteiger partial charge in [-0.25, -0.2) is 27.3 Å². The number of amides is 2. The molecule has 0 aliphatic rings. The number of H-pyrrole nitrogens is 1. The van der Waals surface area contributed by atoms with Crippen molar-refractivity contribution >= 4 is 61.3 Å². The zero-order chi connectivity index (χ0) is 24.6. The summed E-state index contributed by atoms with van der Waals surface area (Å²) in [6, 6.07) is 10.9. The Labute approximate surface area is 202 Å². The largest absolute Gasteiger partial charge is 0.388 e. The molecule has 0 radical (unpaired) electrons. The number of urea groups is 1. The van der Waals surface area contributed by atoms with E-state index in [1.54, 1.807) is 19.2 Å². The van der Waals surface area contributed by atoms with E-state index in [0.717, 1.165) is 27.2 Å². The molecule has 0 saturated carbocycles. The first kappa shape index (κ1) is 23.5. The van der Waals surface area contributed by atoms with Gasteiger partial charge in [0.25, 0.3) is 15.6 Å². The van der Waals surface area contributed by atoms with Gasteiger partial charge in [-0.05, 0) is 61.0 Å². The summed E-state index contributed by atoms with van der Waals surface area (Å²) in [5.74, 6) is 0. The van der Waals surface area contributed by atoms with Crippen LogP contribution in [-0.2, 0) is 10.0 Å². The fourth-order valence-corrected chi connectivity index (χ4v) is 5.73. The van der Waals surface area contributed by atoms with E-state index in [0.29, 0.717) is 10.9 Å². The Balaban J connectivity index is 1.58. The summed E-state index contributed by atoms with van der Waals surface area (Å²) >= 11 is 6.56. The van der Waals surface area contributed by atoms with Gasteiger partial charge in [0, 0.05) is 18.4 Å². The Kier molecular flexibility index (Phi) is 6.21. The summed E-state index contributed by atoms with van der Waals surface area (Å²) in [7, 11) is -2.33. The number of rotatable bonds is 5. The average Bonchev–Trinajstić information content (AvgIpc) is 3.22. The molecule has 0 aliphatic heterocycles. The molecule has 0 fully saturated rings. The van der Waals surface area contributed by atoms with Gasteiger partial charge < -0.3 is 15.6 Å². The van der Waals surface area contributed by atoms with Gasteiger partial charge in [0.2, 0.25) is 0 Å². The van der Waals surface area contributed by atoms with E-state index >= 15 is 0 Å². The van der Waals surface area contributed by atoms with Crippen molar-refractivity contribution in [1.82, 2.24) is 14.3 Å². The maximum atomic E-state index is 13.0. The lowest BCUT2D eigenvalue weighted by Crippen LogP contribution is -2.34. The van der Waals surface area contributed by atoms with Crippen LogP contribution in [0.1, 0.15) is 5.56 Å². The fourth-order valence-electron chi connectivity index (χ4n) is 3.34. The lowest BCUT2D eigenvalue weighted by atomic mass is 10.1. The topological polar surface area (TPSA) is 142 Å². The molecule has 0 bridgehead atoms. The summed E-state index contributed by atoms with van der Waals surface area (Å²) in [6.45, 7) is 1.85. The first-order chi connectivity index (χ1) is 16.1. The second kappa shape index (κ2) is 8.97. The van der Waals surface area contributed by atoms with E-state index in [-0.39, 0.29) is 19.9 Å². The molecule has 2 heterocycles. The quantitative estimate of drug-likeness (QED) is 0.319. The fraction of sp³-hybridized carbons (Fsp3) is 0.0952. The van der Waals surface area contributed by atoms with Crippen molar-refractivity contribution in [3.8, 4) is 5.69 Å². The van der Waals surface area contributed by atoms with Gasteiger partial charge in [-0.15, -0.1) is 11.3 Å². The number of benzene rings is 2. The molecule has 0 spiro atoms. The van der Waals surface area contributed by atoms with Crippen LogP contribution in [0.25, 0.3) is 16.6 Å². The van der Waals surface area contributed by atoms with Crippen LogP contribution in [-0.4, -0.2) is 31.0 Å². The minimum atomic E-state index is -4.07. The van der Waals surface area contributed by atoms with E-state index in [1.807, 2.05) is 11.6 Å². The number of halogens is 1. The maximum Gasteiger partial charge on any atom is 0.333 e. The number of anilines is 2. The number of sulfonamides is 1. The molecule has 0 aliphatic carbocycles. The Morgan fingerprint density at radius 1 is 1.09 bits per heavy atom. The molecule has 4 N–H and O–H groups in total. The zero-order valence-corrected chi connectivity index (χ0v) is 20.2. The number of aryl methyl sites for hydroxylation is 1. The van der Waals surface area contributed by atoms with Gasteiger partial charge >= 0.3 is 11.7 Å². The average molecular weight is 520 g/mol. The van der Waals surface area contributed by atoms with Gasteiger partial charge in [0.1, 0.15) is 4.21 Å². The highest BCUT2D eigenvalue weighted by atomic mass is 35.5. The molecule has 4 rings (SSSR count). The second-order valence-electron chi connectivity index (χ2n) is 7.20. The number of hydrogen-bond acceptors (Lipinski definition) is 7. The van der Waals surface area contributed by atoms with Crippen molar-refractivity contribution in [2.45, 2.75) is 11.1 Å². The van der Waals surface area contributed by atoms with Crippen molar-refractivity contribution in [2.24, 2.45) is 0 Å². The lowest BCUT2D eigenvalue weighted by Gasteiger charge is -2.11. The molecule has 2 aromatic heterocycles. The molecule has 4 aromatic rings. The normalized spacial score (nSPS) is 11.4. The van der Waals surface area contributed by atoms with Crippen LogP contribution in [0.4, 0.5) is 16.2 Å². The van der Waals surface area contributed by atoms with Crippen LogP contribution in [0, 0.1) is 6.92 Å². The number of fused-ring (bicyclic) bond motifs is 1. The van der Waals surface area contributed by atoms with Gasteiger partial charge in [0.15, 0.2) is 0 Å². The van der Waals surface area contributed by atoms with Gasteiger partial charge in [-0.3, -0.25) is 4.79 Å². The third-order valence-corrected chi connectivity index (χ3v) is 7.99. The number of aromatic amines is 1. The first-order valence-corrected chi connectivity index (χ1v) is 12.4. The molecule has 2 amide bonds. The van der Waals surface area contributed by atoms with Crippen LogP contribution in [0.5, 0.6) is 0 Å².